The summed E-state index contributed by atoms with van der Waals surface area (Å²) in [5.74, 6) is -3.16. The van der Waals surface area contributed by atoms with E-state index in [1.807, 2.05) is 0 Å². The number of carboxylic acids is 1. The summed E-state index contributed by atoms with van der Waals surface area (Å²) in [5, 5.41) is 11.5. The van der Waals surface area contributed by atoms with Gasteiger partial charge in [-0.3, -0.25) is 19.1 Å². The second-order valence-electron chi connectivity index (χ2n) is 5.27. The number of nitrogens with one attached hydrogen (secondary N) is 2. The summed E-state index contributed by atoms with van der Waals surface area (Å²) in [6.07, 6.45) is 3.86. The van der Waals surface area contributed by atoms with Gasteiger partial charge in [-0.05, 0) is 12.8 Å². The standard InChI is InChI=1S/C13H16FN3O5/c14-8-5-17(13(22)16-11(8)19)6-9(12(20)21)15-10(18)7-3-1-2-4-7/h5,7,9H,1-4,6H2,(H,15,18)(H,20,21)(H,16,19,22)/t9-/m0/s1. The molecular weight excluding hydrogens is 297 g/mol. The second-order valence-corrected chi connectivity index (χ2v) is 5.27. The van der Waals surface area contributed by atoms with Gasteiger partial charge in [-0.15, -0.1) is 0 Å². The Labute approximate surface area is 124 Å². The highest BCUT2D eigenvalue weighted by Crippen LogP contribution is 2.24. The topological polar surface area (TPSA) is 121 Å². The number of carbonyl (C=O) groups is 2. The fourth-order valence-corrected chi connectivity index (χ4v) is 2.48. The van der Waals surface area contributed by atoms with Crippen LogP contribution in [0.3, 0.4) is 0 Å². The Morgan fingerprint density at radius 1 is 1.41 bits per heavy atom. The summed E-state index contributed by atoms with van der Waals surface area (Å²) in [7, 11) is 0. The van der Waals surface area contributed by atoms with Crippen molar-refractivity contribution in [3.8, 4) is 0 Å². The molecule has 1 amide bonds. The van der Waals surface area contributed by atoms with E-state index in [0.29, 0.717) is 23.6 Å². The van der Waals surface area contributed by atoms with Crippen LogP contribution in [-0.2, 0) is 16.1 Å². The molecule has 8 nitrogen and oxygen atoms in total. The molecule has 22 heavy (non-hydrogen) atoms. The summed E-state index contributed by atoms with van der Waals surface area (Å²) in [6.45, 7) is -0.472. The molecule has 0 spiro atoms. The van der Waals surface area contributed by atoms with E-state index in [0.717, 1.165) is 12.8 Å². The summed E-state index contributed by atoms with van der Waals surface area (Å²) in [5.41, 5.74) is -2.11. The number of rotatable bonds is 5. The Morgan fingerprint density at radius 2 is 2.05 bits per heavy atom. The van der Waals surface area contributed by atoms with Gasteiger partial charge >= 0.3 is 11.7 Å². The van der Waals surface area contributed by atoms with E-state index in [1.54, 1.807) is 4.98 Å². The molecule has 1 aliphatic rings. The van der Waals surface area contributed by atoms with Crippen molar-refractivity contribution in [3.63, 3.8) is 0 Å². The number of nitrogens with zero attached hydrogens (tertiary/aromatic N) is 1. The molecule has 1 aliphatic carbocycles. The SMILES string of the molecule is O=C(N[C@@H](Cn1cc(F)c(=O)[nH]c1=O)C(=O)O)C1CCCC1. The van der Waals surface area contributed by atoms with Crippen LogP contribution in [0.2, 0.25) is 0 Å². The van der Waals surface area contributed by atoms with Crippen molar-refractivity contribution in [2.24, 2.45) is 5.92 Å². The van der Waals surface area contributed by atoms with Gasteiger partial charge < -0.3 is 10.4 Å². The Bertz CT molecular complexity index is 690. The predicted molar refractivity (Wildman–Crippen MR) is 72.8 cm³/mol. The molecule has 3 N–H and O–H groups in total. The van der Waals surface area contributed by atoms with E-state index < -0.39 is 35.6 Å². The monoisotopic (exact) mass is 313 g/mol. The minimum Gasteiger partial charge on any atom is -0.480 e. The van der Waals surface area contributed by atoms with Crippen molar-refractivity contribution < 1.29 is 19.1 Å². The van der Waals surface area contributed by atoms with Crippen molar-refractivity contribution in [3.05, 3.63) is 32.9 Å². The third-order valence-corrected chi connectivity index (χ3v) is 3.69. The number of hydrogen-bond donors (Lipinski definition) is 3. The Hall–Kier alpha value is -2.45. The van der Waals surface area contributed by atoms with Crippen LogP contribution in [0.25, 0.3) is 0 Å². The zero-order chi connectivity index (χ0) is 16.3. The zero-order valence-corrected chi connectivity index (χ0v) is 11.7. The largest absolute Gasteiger partial charge is 0.480 e. The van der Waals surface area contributed by atoms with Crippen LogP contribution in [0, 0.1) is 11.7 Å². The van der Waals surface area contributed by atoms with Crippen LogP contribution in [0.15, 0.2) is 15.8 Å². The van der Waals surface area contributed by atoms with E-state index in [1.165, 1.54) is 0 Å². The van der Waals surface area contributed by atoms with Crippen LogP contribution in [0.4, 0.5) is 4.39 Å². The summed E-state index contributed by atoms with van der Waals surface area (Å²) in [6, 6.07) is -1.38. The maximum Gasteiger partial charge on any atom is 0.328 e. The van der Waals surface area contributed by atoms with Crippen molar-refractivity contribution in [1.82, 2.24) is 14.9 Å². The molecule has 0 bridgehead atoms. The minimum absolute atomic E-state index is 0.231. The number of hydrogen-bond acceptors (Lipinski definition) is 4. The van der Waals surface area contributed by atoms with Gasteiger partial charge in [0, 0.05) is 5.92 Å². The lowest BCUT2D eigenvalue weighted by molar-refractivity contribution is -0.142. The first kappa shape index (κ1) is 15.9. The molecule has 1 aromatic heterocycles. The molecule has 1 aromatic rings. The van der Waals surface area contributed by atoms with Gasteiger partial charge in [0.05, 0.1) is 12.7 Å². The van der Waals surface area contributed by atoms with Gasteiger partial charge in [0.1, 0.15) is 6.04 Å². The van der Waals surface area contributed by atoms with Crippen molar-refractivity contribution in [2.75, 3.05) is 0 Å². The maximum absolute atomic E-state index is 13.2. The molecular formula is C13H16FN3O5. The fraction of sp³-hybridized carbons (Fsp3) is 0.538. The highest BCUT2D eigenvalue weighted by molar-refractivity contribution is 5.85. The number of H-pyrrole nitrogens is 1. The van der Waals surface area contributed by atoms with Crippen molar-refractivity contribution in [2.45, 2.75) is 38.3 Å². The summed E-state index contributed by atoms with van der Waals surface area (Å²) >= 11 is 0. The normalized spacial score (nSPS) is 16.4. The van der Waals surface area contributed by atoms with E-state index in [9.17, 15) is 23.6 Å². The highest BCUT2D eigenvalue weighted by atomic mass is 19.1. The van der Waals surface area contributed by atoms with Gasteiger partial charge in [0.25, 0.3) is 5.56 Å². The third kappa shape index (κ3) is 3.60. The van der Waals surface area contributed by atoms with Gasteiger partial charge in [-0.1, -0.05) is 12.8 Å². The number of halogens is 1. The zero-order valence-electron chi connectivity index (χ0n) is 11.7. The molecule has 1 heterocycles. The Morgan fingerprint density at radius 3 is 2.64 bits per heavy atom. The van der Waals surface area contributed by atoms with E-state index in [-0.39, 0.29) is 11.8 Å². The molecule has 0 unspecified atom stereocenters. The maximum atomic E-state index is 13.2. The number of carboxylic acid groups (broad SMARTS) is 1. The molecule has 0 aliphatic heterocycles. The summed E-state index contributed by atoms with van der Waals surface area (Å²) < 4.78 is 13.9. The van der Waals surface area contributed by atoms with Crippen LogP contribution < -0.4 is 16.6 Å². The Kier molecular flexibility index (Phi) is 4.74. The lowest BCUT2D eigenvalue weighted by atomic mass is 10.1. The smallest absolute Gasteiger partial charge is 0.328 e. The lowest BCUT2D eigenvalue weighted by Gasteiger charge is -2.18. The molecule has 120 valence electrons. The number of amides is 1. The molecule has 0 radical (unpaired) electrons. The number of carbonyl (C=O) groups excluding carboxylic acids is 1. The predicted octanol–water partition coefficient (Wildman–Crippen LogP) is -0.565. The second kappa shape index (κ2) is 6.54. The summed E-state index contributed by atoms with van der Waals surface area (Å²) in [4.78, 5) is 47.4. The molecule has 0 aromatic carbocycles. The van der Waals surface area contributed by atoms with Crippen molar-refractivity contribution in [1.29, 1.82) is 0 Å². The van der Waals surface area contributed by atoms with Gasteiger partial charge in [0.2, 0.25) is 11.7 Å². The average molecular weight is 313 g/mol. The van der Waals surface area contributed by atoms with Crippen LogP contribution in [-0.4, -0.2) is 32.6 Å². The van der Waals surface area contributed by atoms with E-state index >= 15 is 0 Å². The molecule has 2 rings (SSSR count). The van der Waals surface area contributed by atoms with Gasteiger partial charge in [-0.25, -0.2) is 9.59 Å². The average Bonchev–Trinajstić information content (AvgIpc) is 2.97. The van der Waals surface area contributed by atoms with Gasteiger partial charge in [0.15, 0.2) is 0 Å². The third-order valence-electron chi connectivity index (χ3n) is 3.69. The number of aromatic nitrogens is 2. The molecule has 1 fully saturated rings. The lowest BCUT2D eigenvalue weighted by Crippen LogP contribution is -2.47. The Balaban J connectivity index is 2.14. The van der Waals surface area contributed by atoms with Crippen LogP contribution >= 0.6 is 0 Å². The minimum atomic E-state index is -1.38. The van der Waals surface area contributed by atoms with Crippen LogP contribution in [0.1, 0.15) is 25.7 Å². The molecule has 9 heteroatoms. The van der Waals surface area contributed by atoms with Gasteiger partial charge in [-0.2, -0.15) is 4.39 Å². The first-order chi connectivity index (χ1) is 10.4. The molecule has 0 saturated heterocycles. The van der Waals surface area contributed by atoms with Crippen LogP contribution in [0.5, 0.6) is 0 Å². The first-order valence-electron chi connectivity index (χ1n) is 6.91. The van der Waals surface area contributed by atoms with E-state index in [4.69, 9.17) is 5.11 Å². The molecule has 1 atom stereocenters. The quantitative estimate of drug-likeness (QED) is 0.672. The first-order valence-corrected chi connectivity index (χ1v) is 6.91. The van der Waals surface area contributed by atoms with Crippen molar-refractivity contribution >= 4 is 11.9 Å². The highest BCUT2D eigenvalue weighted by Gasteiger charge is 2.28. The number of aliphatic carboxylic acids is 1. The molecule has 1 saturated carbocycles. The van der Waals surface area contributed by atoms with E-state index in [2.05, 4.69) is 5.32 Å². The number of aromatic amines is 1. The fourth-order valence-electron chi connectivity index (χ4n) is 2.48.